The van der Waals surface area contributed by atoms with Crippen molar-refractivity contribution in [3.8, 4) is 0 Å². The standard InChI is InChI=1S/C14H16N2O3/c1-2-7-15-13(17)9-16-11-6-4-3-5-10(11)8-12(16)14(18)19/h3-6,8H,2,7,9H2,1H3,(H,15,17)(H,18,19). The molecule has 0 saturated heterocycles. The van der Waals surface area contributed by atoms with Gasteiger partial charge in [0.1, 0.15) is 12.2 Å². The number of carboxylic acids is 1. The summed E-state index contributed by atoms with van der Waals surface area (Å²) in [6.45, 7) is 2.59. The van der Waals surface area contributed by atoms with E-state index in [4.69, 9.17) is 0 Å². The van der Waals surface area contributed by atoms with Gasteiger partial charge in [0.2, 0.25) is 5.91 Å². The summed E-state index contributed by atoms with van der Waals surface area (Å²) in [5, 5.41) is 12.8. The average molecular weight is 260 g/mol. The molecule has 2 rings (SSSR count). The highest BCUT2D eigenvalue weighted by molar-refractivity contribution is 5.95. The summed E-state index contributed by atoms with van der Waals surface area (Å²) < 4.78 is 1.53. The molecule has 0 spiro atoms. The maximum atomic E-state index is 11.8. The van der Waals surface area contributed by atoms with E-state index < -0.39 is 5.97 Å². The number of amides is 1. The summed E-state index contributed by atoms with van der Waals surface area (Å²) in [6.07, 6.45) is 0.851. The third kappa shape index (κ3) is 2.76. The molecule has 0 saturated carbocycles. The Labute approximate surface area is 110 Å². The highest BCUT2D eigenvalue weighted by Crippen LogP contribution is 2.19. The molecule has 0 bridgehead atoms. The van der Waals surface area contributed by atoms with Crippen molar-refractivity contribution >= 4 is 22.8 Å². The number of para-hydroxylation sites is 1. The molecule has 1 heterocycles. The minimum Gasteiger partial charge on any atom is -0.477 e. The first-order valence-electron chi connectivity index (χ1n) is 6.21. The van der Waals surface area contributed by atoms with Gasteiger partial charge in [-0.05, 0) is 18.6 Å². The number of rotatable bonds is 5. The molecule has 2 N–H and O–H groups in total. The van der Waals surface area contributed by atoms with Crippen molar-refractivity contribution in [1.29, 1.82) is 0 Å². The van der Waals surface area contributed by atoms with Crippen molar-refractivity contribution < 1.29 is 14.7 Å². The molecule has 2 aromatic rings. The van der Waals surface area contributed by atoms with Gasteiger partial charge in [-0.2, -0.15) is 0 Å². The van der Waals surface area contributed by atoms with Crippen LogP contribution in [0.15, 0.2) is 30.3 Å². The predicted octanol–water partition coefficient (Wildman–Crippen LogP) is 1.87. The number of carbonyl (C=O) groups is 2. The van der Waals surface area contributed by atoms with Crippen LogP contribution in [0.4, 0.5) is 0 Å². The van der Waals surface area contributed by atoms with Crippen molar-refractivity contribution in [3.63, 3.8) is 0 Å². The van der Waals surface area contributed by atoms with E-state index in [1.165, 1.54) is 4.57 Å². The maximum Gasteiger partial charge on any atom is 0.352 e. The number of nitrogens with one attached hydrogen (secondary N) is 1. The van der Waals surface area contributed by atoms with Gasteiger partial charge in [0.05, 0.1) is 0 Å². The topological polar surface area (TPSA) is 71.3 Å². The van der Waals surface area contributed by atoms with Crippen LogP contribution in [0.5, 0.6) is 0 Å². The number of fused-ring (bicyclic) bond motifs is 1. The molecule has 0 fully saturated rings. The molecule has 1 aromatic heterocycles. The van der Waals surface area contributed by atoms with Gasteiger partial charge in [0, 0.05) is 17.4 Å². The molecule has 0 unspecified atom stereocenters. The van der Waals surface area contributed by atoms with Gasteiger partial charge in [-0.25, -0.2) is 4.79 Å². The van der Waals surface area contributed by atoms with Crippen LogP contribution in [0.3, 0.4) is 0 Å². The molecule has 0 aliphatic rings. The van der Waals surface area contributed by atoms with E-state index in [1.807, 2.05) is 31.2 Å². The van der Waals surface area contributed by atoms with E-state index in [0.29, 0.717) is 6.54 Å². The summed E-state index contributed by atoms with van der Waals surface area (Å²) in [5.41, 5.74) is 0.888. The van der Waals surface area contributed by atoms with Crippen molar-refractivity contribution in [3.05, 3.63) is 36.0 Å². The number of benzene rings is 1. The lowest BCUT2D eigenvalue weighted by atomic mass is 10.2. The number of hydrogen-bond donors (Lipinski definition) is 2. The molecule has 0 aliphatic carbocycles. The fourth-order valence-electron chi connectivity index (χ4n) is 2.02. The van der Waals surface area contributed by atoms with Crippen molar-refractivity contribution in [2.24, 2.45) is 0 Å². The third-order valence-electron chi connectivity index (χ3n) is 2.90. The Morgan fingerprint density at radius 2 is 2.05 bits per heavy atom. The summed E-state index contributed by atoms with van der Waals surface area (Å²) in [5.74, 6) is -1.20. The van der Waals surface area contributed by atoms with Gasteiger partial charge in [0.15, 0.2) is 0 Å². The average Bonchev–Trinajstić information content (AvgIpc) is 2.76. The van der Waals surface area contributed by atoms with Gasteiger partial charge in [-0.15, -0.1) is 0 Å². The summed E-state index contributed by atoms with van der Waals surface area (Å²) in [6, 6.07) is 8.91. The van der Waals surface area contributed by atoms with E-state index in [-0.39, 0.29) is 18.1 Å². The van der Waals surface area contributed by atoms with Crippen LogP contribution in [0.2, 0.25) is 0 Å². The van der Waals surface area contributed by atoms with E-state index in [2.05, 4.69) is 5.32 Å². The second-order valence-corrected chi connectivity index (χ2v) is 4.33. The van der Waals surface area contributed by atoms with Gasteiger partial charge in [-0.1, -0.05) is 25.1 Å². The van der Waals surface area contributed by atoms with Crippen LogP contribution in [-0.2, 0) is 11.3 Å². The Kier molecular flexibility index (Phi) is 3.85. The van der Waals surface area contributed by atoms with Crippen molar-refractivity contribution in [2.45, 2.75) is 19.9 Å². The lowest BCUT2D eigenvalue weighted by Crippen LogP contribution is -2.29. The Morgan fingerprint density at radius 1 is 1.32 bits per heavy atom. The maximum absolute atomic E-state index is 11.8. The number of hydrogen-bond acceptors (Lipinski definition) is 2. The number of carbonyl (C=O) groups excluding carboxylic acids is 1. The van der Waals surface area contributed by atoms with Crippen LogP contribution in [0.25, 0.3) is 10.9 Å². The van der Waals surface area contributed by atoms with E-state index in [1.54, 1.807) is 6.07 Å². The van der Waals surface area contributed by atoms with Crippen LogP contribution in [0.1, 0.15) is 23.8 Å². The predicted molar refractivity (Wildman–Crippen MR) is 72.2 cm³/mol. The monoisotopic (exact) mass is 260 g/mol. The zero-order chi connectivity index (χ0) is 13.8. The number of nitrogens with zero attached hydrogens (tertiary/aromatic N) is 1. The van der Waals surface area contributed by atoms with Crippen LogP contribution in [0, 0.1) is 0 Å². The minimum absolute atomic E-state index is 0.0230. The van der Waals surface area contributed by atoms with E-state index >= 15 is 0 Å². The molecular formula is C14H16N2O3. The van der Waals surface area contributed by atoms with Gasteiger partial charge < -0.3 is 15.0 Å². The number of aromatic carboxylic acids is 1. The fourth-order valence-corrected chi connectivity index (χ4v) is 2.02. The van der Waals surface area contributed by atoms with Gasteiger partial charge >= 0.3 is 5.97 Å². The first-order chi connectivity index (χ1) is 9.13. The summed E-state index contributed by atoms with van der Waals surface area (Å²) >= 11 is 0. The molecule has 100 valence electrons. The van der Waals surface area contributed by atoms with E-state index in [9.17, 15) is 14.7 Å². The molecule has 5 nitrogen and oxygen atoms in total. The number of carboxylic acid groups (broad SMARTS) is 1. The lowest BCUT2D eigenvalue weighted by Gasteiger charge is -2.08. The molecule has 1 aromatic carbocycles. The molecule has 0 radical (unpaired) electrons. The van der Waals surface area contributed by atoms with Crippen LogP contribution < -0.4 is 5.32 Å². The van der Waals surface area contributed by atoms with Crippen molar-refractivity contribution in [2.75, 3.05) is 6.54 Å². The first kappa shape index (κ1) is 13.1. The fraction of sp³-hybridized carbons (Fsp3) is 0.286. The Bertz CT molecular complexity index is 616. The highest BCUT2D eigenvalue weighted by Gasteiger charge is 2.16. The Balaban J connectivity index is 2.36. The lowest BCUT2D eigenvalue weighted by molar-refractivity contribution is -0.121. The smallest absolute Gasteiger partial charge is 0.352 e. The Morgan fingerprint density at radius 3 is 2.74 bits per heavy atom. The zero-order valence-electron chi connectivity index (χ0n) is 10.7. The van der Waals surface area contributed by atoms with E-state index in [0.717, 1.165) is 17.3 Å². The quantitative estimate of drug-likeness (QED) is 0.862. The first-order valence-corrected chi connectivity index (χ1v) is 6.21. The molecule has 0 aliphatic heterocycles. The number of aromatic nitrogens is 1. The minimum atomic E-state index is -1.03. The highest BCUT2D eigenvalue weighted by atomic mass is 16.4. The molecule has 1 amide bonds. The third-order valence-corrected chi connectivity index (χ3v) is 2.90. The van der Waals surface area contributed by atoms with Gasteiger partial charge in [-0.3, -0.25) is 4.79 Å². The summed E-state index contributed by atoms with van der Waals surface area (Å²) in [4.78, 5) is 23.0. The zero-order valence-corrected chi connectivity index (χ0v) is 10.7. The van der Waals surface area contributed by atoms with Crippen LogP contribution >= 0.6 is 0 Å². The second-order valence-electron chi connectivity index (χ2n) is 4.33. The van der Waals surface area contributed by atoms with Crippen LogP contribution in [-0.4, -0.2) is 28.1 Å². The molecule has 5 heteroatoms. The summed E-state index contributed by atoms with van der Waals surface area (Å²) in [7, 11) is 0. The molecular weight excluding hydrogens is 244 g/mol. The normalized spacial score (nSPS) is 10.6. The van der Waals surface area contributed by atoms with Gasteiger partial charge in [0.25, 0.3) is 0 Å². The van der Waals surface area contributed by atoms with Crippen molar-refractivity contribution in [1.82, 2.24) is 9.88 Å². The Hall–Kier alpha value is -2.30. The molecule has 19 heavy (non-hydrogen) atoms. The largest absolute Gasteiger partial charge is 0.477 e. The molecule has 0 atom stereocenters. The second kappa shape index (κ2) is 5.56. The SMILES string of the molecule is CCCNC(=O)Cn1c(C(=O)O)cc2ccccc21.